The highest BCUT2D eigenvalue weighted by Crippen LogP contribution is 2.42. The fraction of sp³-hybridized carbons (Fsp3) is 0.222. The van der Waals surface area contributed by atoms with Gasteiger partial charge in [0.2, 0.25) is 0 Å². The molecule has 0 fully saturated rings. The topological polar surface area (TPSA) is 0 Å². The Morgan fingerprint density at radius 3 is 1.47 bits per heavy atom. The van der Waals surface area contributed by atoms with Crippen molar-refractivity contribution in [3.8, 4) is 0 Å². The maximum Gasteiger partial charge on any atom is 0.0426 e. The van der Waals surface area contributed by atoms with E-state index >= 15 is 0 Å². The van der Waals surface area contributed by atoms with Gasteiger partial charge in [0.25, 0.3) is 0 Å². The fourth-order valence-electron chi connectivity index (χ4n) is 2.99. The van der Waals surface area contributed by atoms with Crippen molar-refractivity contribution in [3.05, 3.63) is 59.7 Å². The van der Waals surface area contributed by atoms with Crippen LogP contribution in [0.1, 0.15) is 25.0 Å². The number of rotatable bonds is 1. The first kappa shape index (κ1) is 12.9. The highest BCUT2D eigenvalue weighted by molar-refractivity contribution is 14.1. The van der Waals surface area contributed by atoms with Crippen molar-refractivity contribution in [2.24, 2.45) is 0 Å². The second kappa shape index (κ2) is 4.48. The Kier molecular flexibility index (Phi) is 3.05. The molecule has 1 heteroatoms. The van der Waals surface area contributed by atoms with Gasteiger partial charge >= 0.3 is 0 Å². The van der Waals surface area contributed by atoms with Gasteiger partial charge in [-0.05, 0) is 53.4 Å². The van der Waals surface area contributed by atoms with Crippen LogP contribution in [0.2, 0.25) is 0 Å². The van der Waals surface area contributed by atoms with E-state index in [4.69, 9.17) is 0 Å². The first-order valence-electron chi connectivity index (χ1n) is 6.59. The average molecular weight is 360 g/mol. The largest absolute Gasteiger partial charge is 0.0742 e. The Morgan fingerprint density at radius 2 is 1.11 bits per heavy atom. The third kappa shape index (κ3) is 2.04. The van der Waals surface area contributed by atoms with Gasteiger partial charge in [-0.15, -0.1) is 0 Å². The average Bonchev–Trinajstić information content (AvgIpc) is 2.38. The van der Waals surface area contributed by atoms with Crippen molar-refractivity contribution >= 4 is 44.1 Å². The molecular weight excluding hydrogens is 343 g/mol. The second-order valence-corrected chi connectivity index (χ2v) is 8.26. The molecule has 0 spiro atoms. The van der Waals surface area contributed by atoms with Gasteiger partial charge in [0.05, 0.1) is 0 Å². The van der Waals surface area contributed by atoms with Crippen LogP contribution >= 0.6 is 22.6 Å². The zero-order valence-corrected chi connectivity index (χ0v) is 13.7. The predicted molar refractivity (Wildman–Crippen MR) is 93.2 cm³/mol. The normalized spacial score (nSPS) is 12.2. The van der Waals surface area contributed by atoms with Crippen molar-refractivity contribution in [1.82, 2.24) is 0 Å². The van der Waals surface area contributed by atoms with Gasteiger partial charge in [-0.3, -0.25) is 0 Å². The summed E-state index contributed by atoms with van der Waals surface area (Å²) in [6.45, 7) is 6.81. The summed E-state index contributed by atoms with van der Waals surface area (Å²) in [5, 5.41) is 5.53. The summed E-state index contributed by atoms with van der Waals surface area (Å²) in [5.74, 6) is 0. The summed E-state index contributed by atoms with van der Waals surface area (Å²) in [4.78, 5) is 0. The van der Waals surface area contributed by atoms with E-state index in [0.717, 1.165) is 0 Å². The van der Waals surface area contributed by atoms with Crippen LogP contribution in [0, 0.1) is 6.92 Å². The molecule has 0 N–H and O–H groups in total. The van der Waals surface area contributed by atoms with Crippen molar-refractivity contribution in [2.75, 3.05) is 0 Å². The Bertz CT molecular complexity index is 707. The standard InChI is InChI=1S/C18H17I/c1-12-13-8-4-6-10-15(13)17(18(2,3)19)16-11-7-5-9-14(12)16/h4-11H,1-3H3. The van der Waals surface area contributed by atoms with Gasteiger partial charge in [0.15, 0.2) is 0 Å². The number of halogens is 1. The van der Waals surface area contributed by atoms with E-state index in [1.165, 1.54) is 32.7 Å². The molecule has 0 saturated heterocycles. The van der Waals surface area contributed by atoms with E-state index in [-0.39, 0.29) is 3.42 Å². The summed E-state index contributed by atoms with van der Waals surface area (Å²) < 4.78 is 0.116. The number of hydrogen-bond acceptors (Lipinski definition) is 0. The van der Waals surface area contributed by atoms with E-state index in [1.807, 2.05) is 0 Å². The van der Waals surface area contributed by atoms with Crippen LogP contribution in [0.5, 0.6) is 0 Å². The summed E-state index contributed by atoms with van der Waals surface area (Å²) in [7, 11) is 0. The van der Waals surface area contributed by atoms with Gasteiger partial charge in [-0.2, -0.15) is 0 Å². The molecule has 0 aliphatic carbocycles. The van der Waals surface area contributed by atoms with Gasteiger partial charge in [0, 0.05) is 3.42 Å². The maximum atomic E-state index is 2.55. The first-order chi connectivity index (χ1) is 9.00. The lowest BCUT2D eigenvalue weighted by Crippen LogP contribution is -2.09. The van der Waals surface area contributed by atoms with Crippen LogP contribution in [0.15, 0.2) is 48.5 Å². The van der Waals surface area contributed by atoms with Crippen LogP contribution in [-0.4, -0.2) is 0 Å². The SMILES string of the molecule is Cc1c2ccccc2c(C(C)(C)I)c2ccccc12. The zero-order chi connectivity index (χ0) is 13.6. The quantitative estimate of drug-likeness (QED) is 0.285. The molecule has 19 heavy (non-hydrogen) atoms. The highest BCUT2D eigenvalue weighted by atomic mass is 127. The van der Waals surface area contributed by atoms with Crippen LogP contribution < -0.4 is 0 Å². The monoisotopic (exact) mass is 360 g/mol. The Morgan fingerprint density at radius 1 is 0.737 bits per heavy atom. The highest BCUT2D eigenvalue weighted by Gasteiger charge is 2.22. The molecule has 0 saturated carbocycles. The Labute approximate surface area is 128 Å². The number of fused-ring (bicyclic) bond motifs is 2. The van der Waals surface area contributed by atoms with E-state index in [1.54, 1.807) is 0 Å². The number of benzene rings is 3. The molecule has 96 valence electrons. The summed E-state index contributed by atoms with van der Waals surface area (Å²) >= 11 is 2.55. The van der Waals surface area contributed by atoms with Crippen molar-refractivity contribution in [1.29, 1.82) is 0 Å². The molecule has 0 nitrogen and oxygen atoms in total. The minimum Gasteiger partial charge on any atom is -0.0742 e. The predicted octanol–water partition coefficient (Wildman–Crippen LogP) is 5.97. The molecule has 0 radical (unpaired) electrons. The van der Waals surface area contributed by atoms with Gasteiger partial charge in [-0.1, -0.05) is 71.1 Å². The Balaban J connectivity index is 2.65. The second-order valence-electron chi connectivity index (χ2n) is 5.56. The molecular formula is C18H17I. The molecule has 0 aliphatic rings. The lowest BCUT2D eigenvalue weighted by Gasteiger charge is -2.23. The molecule has 0 aliphatic heterocycles. The van der Waals surface area contributed by atoms with E-state index < -0.39 is 0 Å². The molecule has 0 amide bonds. The van der Waals surface area contributed by atoms with Crippen LogP contribution in [0.4, 0.5) is 0 Å². The molecule has 0 heterocycles. The van der Waals surface area contributed by atoms with Gasteiger partial charge in [-0.25, -0.2) is 0 Å². The van der Waals surface area contributed by atoms with Gasteiger partial charge < -0.3 is 0 Å². The number of aryl methyl sites for hydroxylation is 1. The van der Waals surface area contributed by atoms with E-state index in [0.29, 0.717) is 0 Å². The number of alkyl halides is 1. The van der Waals surface area contributed by atoms with E-state index in [2.05, 4.69) is 91.9 Å². The maximum absolute atomic E-state index is 2.55. The lowest BCUT2D eigenvalue weighted by molar-refractivity contribution is 0.844. The van der Waals surface area contributed by atoms with Crippen molar-refractivity contribution in [3.63, 3.8) is 0 Å². The molecule has 3 aromatic carbocycles. The molecule has 3 rings (SSSR count). The molecule has 0 unspecified atom stereocenters. The minimum atomic E-state index is 0.116. The summed E-state index contributed by atoms with van der Waals surface area (Å²) in [6, 6.07) is 17.5. The molecule has 0 bridgehead atoms. The third-order valence-corrected chi connectivity index (χ3v) is 4.33. The van der Waals surface area contributed by atoms with Crippen molar-refractivity contribution in [2.45, 2.75) is 24.2 Å². The van der Waals surface area contributed by atoms with Gasteiger partial charge in [0.1, 0.15) is 0 Å². The van der Waals surface area contributed by atoms with Crippen LogP contribution in [0.25, 0.3) is 21.5 Å². The zero-order valence-electron chi connectivity index (χ0n) is 11.5. The third-order valence-electron chi connectivity index (χ3n) is 3.80. The smallest absolute Gasteiger partial charge is 0.0426 e. The van der Waals surface area contributed by atoms with Crippen LogP contribution in [0.3, 0.4) is 0 Å². The van der Waals surface area contributed by atoms with E-state index in [9.17, 15) is 0 Å². The summed E-state index contributed by atoms with van der Waals surface area (Å²) in [6.07, 6.45) is 0. The van der Waals surface area contributed by atoms with Crippen molar-refractivity contribution < 1.29 is 0 Å². The number of hydrogen-bond donors (Lipinski definition) is 0. The minimum absolute atomic E-state index is 0.116. The Hall–Kier alpha value is -1.09. The fourth-order valence-corrected chi connectivity index (χ4v) is 3.57. The van der Waals surface area contributed by atoms with Crippen LogP contribution in [-0.2, 0) is 3.42 Å². The molecule has 0 aromatic heterocycles. The lowest BCUT2D eigenvalue weighted by atomic mass is 9.87. The summed E-state index contributed by atoms with van der Waals surface area (Å²) in [5.41, 5.74) is 2.83. The molecule has 3 aromatic rings. The first-order valence-corrected chi connectivity index (χ1v) is 7.67. The molecule has 0 atom stereocenters.